The van der Waals surface area contributed by atoms with Crippen molar-refractivity contribution in [2.24, 2.45) is 0 Å². The highest BCUT2D eigenvalue weighted by molar-refractivity contribution is 5.67. The van der Waals surface area contributed by atoms with Crippen molar-refractivity contribution in [1.29, 1.82) is 0 Å². The Morgan fingerprint density at radius 3 is 2.03 bits per heavy atom. The number of benzene rings is 3. The third-order valence-electron chi connectivity index (χ3n) is 5.30. The van der Waals surface area contributed by atoms with E-state index in [1.54, 1.807) is 19.9 Å². The highest BCUT2D eigenvalue weighted by atomic mass is 19.2. The highest BCUT2D eigenvalue weighted by Gasteiger charge is 2.18. The fourth-order valence-corrected chi connectivity index (χ4v) is 3.70. The molecule has 4 heteroatoms. The van der Waals surface area contributed by atoms with Gasteiger partial charge in [-0.2, -0.15) is 4.39 Å². The van der Waals surface area contributed by atoms with E-state index in [9.17, 15) is 13.2 Å². The number of rotatable bonds is 8. The van der Waals surface area contributed by atoms with Crippen molar-refractivity contribution in [2.75, 3.05) is 6.61 Å². The predicted octanol–water partition coefficient (Wildman–Crippen LogP) is 7.22. The van der Waals surface area contributed by atoms with Gasteiger partial charge in [-0.1, -0.05) is 43.7 Å². The normalized spacial score (nSPS) is 11.0. The van der Waals surface area contributed by atoms with Gasteiger partial charge in [-0.3, -0.25) is 0 Å². The molecule has 3 aromatic rings. The Hall–Kier alpha value is -2.75. The van der Waals surface area contributed by atoms with Crippen LogP contribution in [-0.2, 0) is 19.3 Å². The molecule has 0 aliphatic rings. The molecular weight excluding hydrogens is 385 g/mol. The number of hydrogen-bond acceptors (Lipinski definition) is 1. The molecule has 0 N–H and O–H groups in total. The third-order valence-corrected chi connectivity index (χ3v) is 5.30. The molecule has 3 aromatic carbocycles. The van der Waals surface area contributed by atoms with Crippen LogP contribution in [0, 0.1) is 24.4 Å². The average molecular weight is 412 g/mol. The van der Waals surface area contributed by atoms with Crippen molar-refractivity contribution in [2.45, 2.75) is 46.5 Å². The van der Waals surface area contributed by atoms with E-state index in [0.717, 1.165) is 30.4 Å². The van der Waals surface area contributed by atoms with Crippen LogP contribution in [0.15, 0.2) is 48.5 Å². The summed E-state index contributed by atoms with van der Waals surface area (Å²) in [6, 6.07) is 14.2. The summed E-state index contributed by atoms with van der Waals surface area (Å²) in [5, 5.41) is 0. The van der Waals surface area contributed by atoms with Gasteiger partial charge in [-0.05, 0) is 79.1 Å². The highest BCUT2D eigenvalue weighted by Crippen LogP contribution is 2.32. The van der Waals surface area contributed by atoms with Crippen LogP contribution in [-0.4, -0.2) is 6.61 Å². The molecular formula is C26H27F3O. The lowest BCUT2D eigenvalue weighted by Gasteiger charge is -2.13. The molecule has 0 amide bonds. The fourth-order valence-electron chi connectivity index (χ4n) is 3.70. The standard InChI is InChI=1S/C26H27F3O/c1-4-6-18-7-9-19(10-8-18)11-12-21-17(3)15-20(16-23(21)27)22-13-14-24(30-5-2)26(29)25(22)28/h7-10,13-16H,4-6,11-12H2,1-3H3. The molecule has 158 valence electrons. The zero-order valence-electron chi connectivity index (χ0n) is 17.7. The minimum absolute atomic E-state index is 0.0241. The van der Waals surface area contributed by atoms with Gasteiger partial charge in [0.1, 0.15) is 5.82 Å². The van der Waals surface area contributed by atoms with E-state index in [4.69, 9.17) is 4.74 Å². The second kappa shape index (κ2) is 9.84. The Balaban J connectivity index is 1.81. The average Bonchev–Trinajstić information content (AvgIpc) is 2.72. The molecule has 0 bridgehead atoms. The second-order valence-corrected chi connectivity index (χ2v) is 7.49. The largest absolute Gasteiger partial charge is 0.491 e. The zero-order valence-corrected chi connectivity index (χ0v) is 17.7. The summed E-state index contributed by atoms with van der Waals surface area (Å²) >= 11 is 0. The predicted molar refractivity (Wildman–Crippen MR) is 116 cm³/mol. The van der Waals surface area contributed by atoms with Crippen molar-refractivity contribution in [3.8, 4) is 16.9 Å². The van der Waals surface area contributed by atoms with E-state index < -0.39 is 17.5 Å². The van der Waals surface area contributed by atoms with Crippen LogP contribution >= 0.6 is 0 Å². The Morgan fingerprint density at radius 2 is 1.43 bits per heavy atom. The molecule has 0 radical (unpaired) electrons. The van der Waals surface area contributed by atoms with E-state index in [1.165, 1.54) is 23.8 Å². The maximum atomic E-state index is 14.9. The SMILES string of the molecule is CCCc1ccc(CCc2c(C)cc(-c3ccc(OCC)c(F)c3F)cc2F)cc1. The molecule has 1 nitrogen and oxygen atoms in total. The van der Waals surface area contributed by atoms with Crippen LogP contribution in [0.4, 0.5) is 13.2 Å². The lowest BCUT2D eigenvalue weighted by Crippen LogP contribution is -2.01. The summed E-state index contributed by atoms with van der Waals surface area (Å²) in [6.07, 6.45) is 3.42. The third kappa shape index (κ3) is 4.86. The molecule has 0 saturated heterocycles. The maximum Gasteiger partial charge on any atom is 0.201 e. The summed E-state index contributed by atoms with van der Waals surface area (Å²) in [6.45, 7) is 5.88. The van der Waals surface area contributed by atoms with Gasteiger partial charge in [-0.15, -0.1) is 0 Å². The van der Waals surface area contributed by atoms with Gasteiger partial charge >= 0.3 is 0 Å². The van der Waals surface area contributed by atoms with Gasteiger partial charge < -0.3 is 4.74 Å². The molecule has 0 aromatic heterocycles. The van der Waals surface area contributed by atoms with E-state index in [2.05, 4.69) is 31.2 Å². The van der Waals surface area contributed by atoms with Crippen LogP contribution in [0.25, 0.3) is 11.1 Å². The van der Waals surface area contributed by atoms with Crippen LogP contribution < -0.4 is 4.74 Å². The lowest BCUT2D eigenvalue weighted by molar-refractivity contribution is 0.314. The molecule has 0 heterocycles. The first-order valence-electron chi connectivity index (χ1n) is 10.4. The summed E-state index contributed by atoms with van der Waals surface area (Å²) in [5.74, 6) is -2.62. The van der Waals surface area contributed by atoms with E-state index in [-0.39, 0.29) is 17.9 Å². The number of aryl methyl sites for hydroxylation is 3. The Labute approximate surface area is 176 Å². The van der Waals surface area contributed by atoms with Crippen molar-refractivity contribution >= 4 is 0 Å². The summed E-state index contributed by atoms with van der Waals surface area (Å²) in [7, 11) is 0. The monoisotopic (exact) mass is 412 g/mol. The topological polar surface area (TPSA) is 9.23 Å². The molecule has 0 atom stereocenters. The van der Waals surface area contributed by atoms with Crippen LogP contribution in [0.3, 0.4) is 0 Å². The van der Waals surface area contributed by atoms with Gasteiger partial charge in [0.05, 0.1) is 6.61 Å². The van der Waals surface area contributed by atoms with Gasteiger partial charge in [0, 0.05) is 5.56 Å². The molecule has 0 fully saturated rings. The van der Waals surface area contributed by atoms with Gasteiger partial charge in [0.2, 0.25) is 5.82 Å². The van der Waals surface area contributed by atoms with Crippen LogP contribution in [0.2, 0.25) is 0 Å². The molecule has 30 heavy (non-hydrogen) atoms. The molecule has 0 spiro atoms. The molecule has 0 aliphatic carbocycles. The van der Waals surface area contributed by atoms with Crippen LogP contribution in [0.1, 0.15) is 42.5 Å². The van der Waals surface area contributed by atoms with E-state index in [1.807, 2.05) is 0 Å². The van der Waals surface area contributed by atoms with Crippen molar-refractivity contribution in [3.63, 3.8) is 0 Å². The van der Waals surface area contributed by atoms with Crippen LogP contribution in [0.5, 0.6) is 5.75 Å². The Kier molecular flexibility index (Phi) is 7.20. The van der Waals surface area contributed by atoms with E-state index in [0.29, 0.717) is 17.5 Å². The molecule has 0 saturated carbocycles. The van der Waals surface area contributed by atoms with Crippen molar-refractivity contribution < 1.29 is 17.9 Å². The number of ether oxygens (including phenoxy) is 1. The maximum absolute atomic E-state index is 14.9. The molecule has 3 rings (SSSR count). The van der Waals surface area contributed by atoms with Gasteiger partial charge in [0.15, 0.2) is 11.6 Å². The Bertz CT molecular complexity index is 987. The van der Waals surface area contributed by atoms with Gasteiger partial charge in [0.25, 0.3) is 0 Å². The summed E-state index contributed by atoms with van der Waals surface area (Å²) in [5.41, 5.74) is 4.12. The molecule has 0 unspecified atom stereocenters. The molecule has 0 aliphatic heterocycles. The zero-order chi connectivity index (χ0) is 21.7. The first-order chi connectivity index (χ1) is 14.4. The van der Waals surface area contributed by atoms with Crippen molar-refractivity contribution in [1.82, 2.24) is 0 Å². The quantitative estimate of drug-likeness (QED) is 0.380. The lowest BCUT2D eigenvalue weighted by atomic mass is 9.94. The van der Waals surface area contributed by atoms with E-state index >= 15 is 0 Å². The number of hydrogen-bond donors (Lipinski definition) is 0. The Morgan fingerprint density at radius 1 is 0.767 bits per heavy atom. The van der Waals surface area contributed by atoms with Crippen molar-refractivity contribution in [3.05, 3.63) is 88.2 Å². The summed E-state index contributed by atoms with van der Waals surface area (Å²) in [4.78, 5) is 0. The second-order valence-electron chi connectivity index (χ2n) is 7.49. The first kappa shape index (κ1) is 21.9. The smallest absolute Gasteiger partial charge is 0.201 e. The minimum Gasteiger partial charge on any atom is -0.491 e. The summed E-state index contributed by atoms with van der Waals surface area (Å²) < 4.78 is 48.7. The van der Waals surface area contributed by atoms with Gasteiger partial charge in [-0.25, -0.2) is 8.78 Å². The fraction of sp³-hybridized carbons (Fsp3) is 0.308. The first-order valence-corrected chi connectivity index (χ1v) is 10.4. The number of halogens is 3. The minimum atomic E-state index is -1.05.